The van der Waals surface area contributed by atoms with Crippen molar-refractivity contribution in [1.82, 2.24) is 0 Å². The third-order valence-electron chi connectivity index (χ3n) is 3.25. The smallest absolute Gasteiger partial charge is 0.245 e. The minimum atomic E-state index is -3.59. The lowest BCUT2D eigenvalue weighted by molar-refractivity contribution is -0.114. The first-order chi connectivity index (χ1) is 11.2. The molecule has 0 saturated carbocycles. The number of nitrogens with zero attached hydrogens (tertiary/aromatic N) is 1. The Bertz CT molecular complexity index is 854. The van der Waals surface area contributed by atoms with Crippen LogP contribution >= 0.6 is 38.5 Å². The van der Waals surface area contributed by atoms with E-state index in [4.69, 9.17) is 0 Å². The number of rotatable bonds is 5. The van der Waals surface area contributed by atoms with Crippen molar-refractivity contribution < 1.29 is 13.2 Å². The van der Waals surface area contributed by atoms with Crippen LogP contribution in [0.15, 0.2) is 46.9 Å². The average molecular weight is 523 g/mol. The van der Waals surface area contributed by atoms with Crippen molar-refractivity contribution in [2.24, 2.45) is 0 Å². The summed E-state index contributed by atoms with van der Waals surface area (Å²) in [5, 5.41) is 2.71. The molecule has 8 heteroatoms. The highest BCUT2D eigenvalue weighted by Gasteiger charge is 2.21. The van der Waals surface area contributed by atoms with Gasteiger partial charge in [0.2, 0.25) is 15.9 Å². The summed E-state index contributed by atoms with van der Waals surface area (Å²) in [6.07, 6.45) is 1.09. The SMILES string of the molecule is Cc1cc(N(CC(=O)Nc2ccc(I)cc2)S(C)(=O)=O)ccc1Br. The molecule has 0 aromatic heterocycles. The van der Waals surface area contributed by atoms with Crippen LogP contribution in [0.2, 0.25) is 0 Å². The van der Waals surface area contributed by atoms with Gasteiger partial charge < -0.3 is 5.32 Å². The molecular weight excluding hydrogens is 507 g/mol. The van der Waals surface area contributed by atoms with Gasteiger partial charge in [-0.15, -0.1) is 0 Å². The van der Waals surface area contributed by atoms with Gasteiger partial charge in [0.1, 0.15) is 6.54 Å². The molecule has 0 atom stereocenters. The van der Waals surface area contributed by atoms with Gasteiger partial charge in [-0.05, 0) is 77.5 Å². The Balaban J connectivity index is 2.21. The topological polar surface area (TPSA) is 66.5 Å². The zero-order chi connectivity index (χ0) is 17.9. The summed E-state index contributed by atoms with van der Waals surface area (Å²) in [6.45, 7) is 1.57. The molecule has 0 saturated heterocycles. The summed E-state index contributed by atoms with van der Waals surface area (Å²) in [6, 6.07) is 12.4. The number of anilines is 2. The van der Waals surface area contributed by atoms with Crippen molar-refractivity contribution in [1.29, 1.82) is 0 Å². The van der Waals surface area contributed by atoms with Gasteiger partial charge >= 0.3 is 0 Å². The summed E-state index contributed by atoms with van der Waals surface area (Å²) >= 11 is 5.55. The molecule has 1 N–H and O–H groups in total. The van der Waals surface area contributed by atoms with E-state index >= 15 is 0 Å². The molecule has 2 rings (SSSR count). The molecule has 5 nitrogen and oxygen atoms in total. The van der Waals surface area contributed by atoms with E-state index in [0.29, 0.717) is 11.4 Å². The van der Waals surface area contributed by atoms with Crippen LogP contribution in [0.4, 0.5) is 11.4 Å². The number of hydrogen-bond donors (Lipinski definition) is 1. The Kier molecular flexibility index (Phi) is 6.27. The van der Waals surface area contributed by atoms with E-state index in [-0.39, 0.29) is 6.54 Å². The second kappa shape index (κ2) is 7.83. The van der Waals surface area contributed by atoms with E-state index in [9.17, 15) is 13.2 Å². The molecule has 128 valence electrons. The Morgan fingerprint density at radius 1 is 1.21 bits per heavy atom. The second-order valence-corrected chi connectivity index (χ2v) is 9.26. The molecule has 0 aliphatic heterocycles. The zero-order valence-electron chi connectivity index (χ0n) is 13.1. The summed E-state index contributed by atoms with van der Waals surface area (Å²) in [5.74, 6) is -0.401. The quantitative estimate of drug-likeness (QED) is 0.608. The van der Waals surface area contributed by atoms with E-state index in [1.54, 1.807) is 30.3 Å². The maximum atomic E-state index is 12.3. The van der Waals surface area contributed by atoms with E-state index in [1.165, 1.54) is 0 Å². The minimum Gasteiger partial charge on any atom is -0.325 e. The van der Waals surface area contributed by atoms with E-state index in [0.717, 1.165) is 24.2 Å². The van der Waals surface area contributed by atoms with Crippen molar-refractivity contribution in [2.45, 2.75) is 6.92 Å². The van der Waals surface area contributed by atoms with E-state index in [1.807, 2.05) is 19.1 Å². The largest absolute Gasteiger partial charge is 0.325 e. The van der Waals surface area contributed by atoms with Crippen LogP contribution in [0.25, 0.3) is 0 Å². The lowest BCUT2D eigenvalue weighted by Gasteiger charge is -2.22. The standard InChI is InChI=1S/C16H16BrIN2O3S/c1-11-9-14(7-8-15(11)17)20(24(2,22)23)10-16(21)19-13-5-3-12(18)4-6-13/h3-9H,10H2,1-2H3,(H,19,21). The zero-order valence-corrected chi connectivity index (χ0v) is 17.6. The highest BCUT2D eigenvalue weighted by molar-refractivity contribution is 14.1. The maximum Gasteiger partial charge on any atom is 0.245 e. The van der Waals surface area contributed by atoms with Gasteiger partial charge in [-0.25, -0.2) is 8.42 Å². The molecule has 0 aliphatic rings. The minimum absolute atomic E-state index is 0.286. The number of hydrogen-bond acceptors (Lipinski definition) is 3. The van der Waals surface area contributed by atoms with E-state index in [2.05, 4.69) is 43.8 Å². The van der Waals surface area contributed by atoms with Crippen LogP contribution in [0, 0.1) is 10.5 Å². The molecule has 0 radical (unpaired) electrons. The van der Waals surface area contributed by atoms with Crippen molar-refractivity contribution >= 4 is 65.8 Å². The fraction of sp³-hybridized carbons (Fsp3) is 0.188. The Morgan fingerprint density at radius 3 is 2.38 bits per heavy atom. The lowest BCUT2D eigenvalue weighted by Crippen LogP contribution is -2.37. The predicted octanol–water partition coefficient (Wildman–Crippen LogP) is 3.77. The summed E-state index contributed by atoms with van der Waals surface area (Å²) in [5.41, 5.74) is 1.97. The molecule has 0 unspecified atom stereocenters. The number of aryl methyl sites for hydroxylation is 1. The molecule has 2 aromatic rings. The number of halogens is 2. The van der Waals surface area contributed by atoms with Crippen LogP contribution in [-0.4, -0.2) is 27.1 Å². The van der Waals surface area contributed by atoms with Crippen LogP contribution in [0.1, 0.15) is 5.56 Å². The number of amides is 1. The monoisotopic (exact) mass is 522 g/mol. The van der Waals surface area contributed by atoms with Crippen molar-refractivity contribution in [2.75, 3.05) is 22.4 Å². The molecular formula is C16H16BrIN2O3S. The van der Waals surface area contributed by atoms with Gasteiger partial charge in [-0.2, -0.15) is 0 Å². The van der Waals surface area contributed by atoms with Crippen LogP contribution in [0.3, 0.4) is 0 Å². The molecule has 0 fully saturated rings. The number of carbonyl (C=O) groups excluding carboxylic acids is 1. The highest BCUT2D eigenvalue weighted by atomic mass is 127. The average Bonchev–Trinajstić information content (AvgIpc) is 2.49. The third-order valence-corrected chi connectivity index (χ3v) is 5.99. The van der Waals surface area contributed by atoms with Gasteiger partial charge in [0.25, 0.3) is 0 Å². The fourth-order valence-electron chi connectivity index (χ4n) is 2.05. The molecule has 0 spiro atoms. The third kappa shape index (κ3) is 5.18. The Labute approximate surface area is 163 Å². The van der Waals surface area contributed by atoms with Gasteiger partial charge in [0.15, 0.2) is 0 Å². The lowest BCUT2D eigenvalue weighted by atomic mass is 10.2. The predicted molar refractivity (Wildman–Crippen MR) is 109 cm³/mol. The normalized spacial score (nSPS) is 11.2. The van der Waals surface area contributed by atoms with E-state index < -0.39 is 15.9 Å². The van der Waals surface area contributed by atoms with Crippen molar-refractivity contribution in [3.8, 4) is 0 Å². The molecule has 1 amide bonds. The molecule has 2 aromatic carbocycles. The fourth-order valence-corrected chi connectivity index (χ4v) is 3.50. The first-order valence-corrected chi connectivity index (χ1v) is 10.7. The Hall–Kier alpha value is -1.13. The van der Waals surface area contributed by atoms with Crippen LogP contribution in [-0.2, 0) is 14.8 Å². The van der Waals surface area contributed by atoms with Gasteiger partial charge in [0.05, 0.1) is 11.9 Å². The first-order valence-electron chi connectivity index (χ1n) is 6.96. The molecule has 0 aliphatic carbocycles. The van der Waals surface area contributed by atoms with Crippen LogP contribution < -0.4 is 9.62 Å². The maximum absolute atomic E-state index is 12.3. The molecule has 0 heterocycles. The summed E-state index contributed by atoms with van der Waals surface area (Å²) in [7, 11) is -3.59. The molecule has 24 heavy (non-hydrogen) atoms. The van der Waals surface area contributed by atoms with Crippen molar-refractivity contribution in [3.63, 3.8) is 0 Å². The molecule has 0 bridgehead atoms. The second-order valence-electron chi connectivity index (χ2n) is 5.26. The van der Waals surface area contributed by atoms with Gasteiger partial charge in [0, 0.05) is 13.7 Å². The summed E-state index contributed by atoms with van der Waals surface area (Å²) in [4.78, 5) is 12.3. The number of benzene rings is 2. The van der Waals surface area contributed by atoms with Crippen molar-refractivity contribution in [3.05, 3.63) is 56.1 Å². The number of carbonyl (C=O) groups is 1. The van der Waals surface area contributed by atoms with Crippen LogP contribution in [0.5, 0.6) is 0 Å². The van der Waals surface area contributed by atoms with Gasteiger partial charge in [-0.1, -0.05) is 15.9 Å². The first kappa shape index (κ1) is 19.2. The highest BCUT2D eigenvalue weighted by Crippen LogP contribution is 2.24. The number of sulfonamides is 1. The summed E-state index contributed by atoms with van der Waals surface area (Å²) < 4.78 is 27.2. The number of nitrogens with one attached hydrogen (secondary N) is 1. The van der Waals surface area contributed by atoms with Gasteiger partial charge in [-0.3, -0.25) is 9.10 Å². The Morgan fingerprint density at radius 2 is 1.83 bits per heavy atom.